The molecule has 4 aromatic rings. The van der Waals surface area contributed by atoms with Crippen molar-refractivity contribution in [1.29, 1.82) is 0 Å². The van der Waals surface area contributed by atoms with Gasteiger partial charge in [-0.15, -0.1) is 5.10 Å². The molecule has 1 atom stereocenters. The number of carbonyl (C=O) groups is 3. The lowest BCUT2D eigenvalue weighted by Gasteiger charge is -2.30. The lowest BCUT2D eigenvalue weighted by Crippen LogP contribution is -2.39. The fourth-order valence-electron chi connectivity index (χ4n) is 6.25. The minimum absolute atomic E-state index is 0.0221. The van der Waals surface area contributed by atoms with E-state index in [1.54, 1.807) is 34.1 Å². The van der Waals surface area contributed by atoms with Gasteiger partial charge in [-0.05, 0) is 39.0 Å². The summed E-state index contributed by atoms with van der Waals surface area (Å²) in [6.07, 6.45) is 0.863. The highest BCUT2D eigenvalue weighted by molar-refractivity contribution is 5.86. The average molecular weight is 671 g/mol. The molecule has 2 aliphatic rings. The summed E-state index contributed by atoms with van der Waals surface area (Å²) in [7, 11) is 0. The molecule has 0 saturated carbocycles. The van der Waals surface area contributed by atoms with Crippen molar-refractivity contribution < 1.29 is 28.6 Å². The standard InChI is InChI=1S/C36H42N6O7/c1-7-29(43)40(8-2)16-24-17-41(39-38-24)19-35(3,4)20-47-21-36(5,6)34(46)49-31-25-14-28-30-23(13-22-11-9-10-12-27(22)37-30)15-42(28)32(44)26(25)18-48-33(31)45/h9-14,17,31H,7-8,15-16,18-21H2,1-6H3/t31-/m0/s1. The molecule has 6 rings (SSSR count). The number of amides is 1. The van der Waals surface area contributed by atoms with Crippen LogP contribution < -0.4 is 5.56 Å². The number of hydrogen-bond donors (Lipinski definition) is 0. The Hall–Kier alpha value is -4.91. The van der Waals surface area contributed by atoms with Gasteiger partial charge in [-0.25, -0.2) is 9.78 Å². The zero-order valence-corrected chi connectivity index (χ0v) is 28.8. The molecule has 0 aliphatic carbocycles. The Labute approximate surface area is 284 Å². The van der Waals surface area contributed by atoms with Crippen LogP contribution in [0.15, 0.2) is 47.4 Å². The summed E-state index contributed by atoms with van der Waals surface area (Å²) >= 11 is 0. The van der Waals surface area contributed by atoms with Crippen LogP contribution in [0.2, 0.25) is 0 Å². The van der Waals surface area contributed by atoms with Crippen molar-refractivity contribution in [3.05, 3.63) is 75.3 Å². The van der Waals surface area contributed by atoms with Crippen LogP contribution in [-0.2, 0) is 54.8 Å². The smallest absolute Gasteiger partial charge is 0.352 e. The minimum Gasteiger partial charge on any atom is -0.458 e. The van der Waals surface area contributed by atoms with E-state index in [0.717, 1.165) is 16.5 Å². The first-order valence-corrected chi connectivity index (χ1v) is 16.6. The zero-order valence-electron chi connectivity index (χ0n) is 28.8. The molecule has 0 fully saturated rings. The number of cyclic esters (lactones) is 1. The van der Waals surface area contributed by atoms with Gasteiger partial charge in [0.2, 0.25) is 12.0 Å². The van der Waals surface area contributed by atoms with Crippen molar-refractivity contribution in [1.82, 2.24) is 29.4 Å². The molecule has 0 unspecified atom stereocenters. The van der Waals surface area contributed by atoms with Gasteiger partial charge in [-0.3, -0.25) is 19.1 Å². The number of fused-ring (bicyclic) bond motifs is 5. The van der Waals surface area contributed by atoms with Gasteiger partial charge >= 0.3 is 11.9 Å². The number of ether oxygens (including phenoxy) is 3. The quantitative estimate of drug-likeness (QED) is 0.177. The summed E-state index contributed by atoms with van der Waals surface area (Å²) in [6.45, 7) is 13.1. The van der Waals surface area contributed by atoms with Crippen LogP contribution in [0.3, 0.4) is 0 Å². The lowest BCUT2D eigenvalue weighted by molar-refractivity contribution is -0.179. The van der Waals surface area contributed by atoms with Crippen LogP contribution in [0.25, 0.3) is 22.3 Å². The van der Waals surface area contributed by atoms with Crippen LogP contribution in [0.5, 0.6) is 0 Å². The molecule has 0 radical (unpaired) electrons. The Kier molecular flexibility index (Phi) is 9.14. The van der Waals surface area contributed by atoms with Crippen molar-refractivity contribution in [2.45, 2.75) is 80.3 Å². The Morgan fingerprint density at radius 3 is 2.61 bits per heavy atom. The van der Waals surface area contributed by atoms with E-state index in [1.807, 2.05) is 64.2 Å². The van der Waals surface area contributed by atoms with E-state index < -0.39 is 23.5 Å². The van der Waals surface area contributed by atoms with Crippen molar-refractivity contribution in [2.24, 2.45) is 10.8 Å². The normalized spacial score (nSPS) is 15.4. The Morgan fingerprint density at radius 1 is 1.08 bits per heavy atom. The van der Waals surface area contributed by atoms with Gasteiger partial charge in [0.25, 0.3) is 5.56 Å². The molecule has 258 valence electrons. The van der Waals surface area contributed by atoms with E-state index in [1.165, 1.54) is 0 Å². The number of aromatic nitrogens is 5. The summed E-state index contributed by atoms with van der Waals surface area (Å²) in [4.78, 5) is 58.8. The molecule has 13 heteroatoms. The number of esters is 2. The molecule has 1 amide bonds. The van der Waals surface area contributed by atoms with Crippen molar-refractivity contribution in [3.63, 3.8) is 0 Å². The molecule has 1 aromatic carbocycles. The third-order valence-corrected chi connectivity index (χ3v) is 8.96. The third kappa shape index (κ3) is 6.85. The van der Waals surface area contributed by atoms with Crippen molar-refractivity contribution in [2.75, 3.05) is 19.8 Å². The number of rotatable bonds is 12. The van der Waals surface area contributed by atoms with E-state index in [4.69, 9.17) is 19.2 Å². The summed E-state index contributed by atoms with van der Waals surface area (Å²) in [5.74, 6) is -1.33. The second-order valence-corrected chi connectivity index (χ2v) is 14.1. The summed E-state index contributed by atoms with van der Waals surface area (Å²) in [5, 5.41) is 9.43. The molecule has 0 bridgehead atoms. The van der Waals surface area contributed by atoms with E-state index >= 15 is 0 Å². The largest absolute Gasteiger partial charge is 0.458 e. The van der Waals surface area contributed by atoms with Crippen LogP contribution in [0.1, 0.15) is 76.5 Å². The molecule has 3 aromatic heterocycles. The molecule has 2 aliphatic heterocycles. The molecule has 49 heavy (non-hydrogen) atoms. The van der Waals surface area contributed by atoms with Gasteiger partial charge < -0.3 is 23.7 Å². The fourth-order valence-corrected chi connectivity index (χ4v) is 6.25. The Morgan fingerprint density at radius 2 is 1.86 bits per heavy atom. The molecule has 0 spiro atoms. The maximum Gasteiger partial charge on any atom is 0.352 e. The fraction of sp³-hybridized carbons (Fsp3) is 0.472. The maximum atomic E-state index is 13.6. The van der Waals surface area contributed by atoms with Crippen molar-refractivity contribution >= 4 is 28.7 Å². The Balaban J connectivity index is 1.11. The predicted molar refractivity (Wildman–Crippen MR) is 179 cm³/mol. The van der Waals surface area contributed by atoms with Gasteiger partial charge in [-0.2, -0.15) is 0 Å². The predicted octanol–water partition coefficient (Wildman–Crippen LogP) is 4.19. The first kappa shape index (κ1) is 34.0. The van der Waals surface area contributed by atoms with Gasteiger partial charge in [0.1, 0.15) is 12.3 Å². The minimum atomic E-state index is -1.40. The SMILES string of the molecule is CCC(=O)N(CC)Cc1cn(CC(C)(C)COCC(C)(C)C(=O)O[C@@H]2C(=O)OCc3c2cc2n(c3=O)Cc3cc4ccccc4nc3-2)nn1. The highest BCUT2D eigenvalue weighted by atomic mass is 16.6. The van der Waals surface area contributed by atoms with Crippen LogP contribution in [0, 0.1) is 10.8 Å². The van der Waals surface area contributed by atoms with E-state index in [-0.39, 0.29) is 35.7 Å². The number of para-hydroxylation sites is 1. The third-order valence-electron chi connectivity index (χ3n) is 8.96. The zero-order chi connectivity index (χ0) is 35.1. The topological polar surface area (TPSA) is 148 Å². The van der Waals surface area contributed by atoms with Gasteiger partial charge in [-0.1, -0.05) is 44.2 Å². The number of nitrogens with zero attached hydrogens (tertiary/aromatic N) is 6. The lowest BCUT2D eigenvalue weighted by atomic mass is 9.93. The first-order valence-electron chi connectivity index (χ1n) is 16.6. The van der Waals surface area contributed by atoms with Gasteiger partial charge in [0, 0.05) is 41.4 Å². The maximum absolute atomic E-state index is 13.6. The number of benzene rings is 1. The molecule has 0 N–H and O–H groups in total. The highest BCUT2D eigenvalue weighted by Gasteiger charge is 2.41. The number of pyridine rings is 2. The summed E-state index contributed by atoms with van der Waals surface area (Å²) in [6, 6.07) is 11.5. The monoisotopic (exact) mass is 670 g/mol. The number of hydrogen-bond acceptors (Lipinski definition) is 10. The Bertz CT molecular complexity index is 2000. The highest BCUT2D eigenvalue weighted by Crippen LogP contribution is 2.37. The molecular formula is C36H42N6O7. The van der Waals surface area contributed by atoms with E-state index in [2.05, 4.69) is 10.3 Å². The average Bonchev–Trinajstić information content (AvgIpc) is 3.66. The van der Waals surface area contributed by atoms with E-state index in [0.29, 0.717) is 61.9 Å². The second kappa shape index (κ2) is 13.2. The first-order chi connectivity index (χ1) is 23.3. The second-order valence-electron chi connectivity index (χ2n) is 14.1. The van der Waals surface area contributed by atoms with Crippen LogP contribution >= 0.6 is 0 Å². The molecule has 5 heterocycles. The molecular weight excluding hydrogens is 628 g/mol. The van der Waals surface area contributed by atoms with Crippen LogP contribution in [-0.4, -0.2) is 67.0 Å². The van der Waals surface area contributed by atoms with E-state index in [9.17, 15) is 19.2 Å². The number of carbonyl (C=O) groups excluding carboxylic acids is 3. The van der Waals surface area contributed by atoms with Gasteiger partial charge in [0.15, 0.2) is 0 Å². The van der Waals surface area contributed by atoms with Crippen molar-refractivity contribution in [3.8, 4) is 11.4 Å². The van der Waals surface area contributed by atoms with Crippen LogP contribution in [0.4, 0.5) is 0 Å². The summed E-state index contributed by atoms with van der Waals surface area (Å²) in [5.41, 5.74) is 2.43. The summed E-state index contributed by atoms with van der Waals surface area (Å²) < 4.78 is 20.5. The molecule has 13 nitrogen and oxygen atoms in total. The van der Waals surface area contributed by atoms with Gasteiger partial charge in [0.05, 0.1) is 60.4 Å². The molecule has 0 saturated heterocycles.